The SMILES string of the molecule is CC(C)C(NC(=O)COC(=O)c1ccccn1)c1ccc2c(c1)OCCO2. The highest BCUT2D eigenvalue weighted by Gasteiger charge is 2.22. The van der Waals surface area contributed by atoms with Crippen molar-refractivity contribution >= 4 is 11.9 Å². The van der Waals surface area contributed by atoms with Crippen LogP contribution in [0.2, 0.25) is 0 Å². The Bertz CT molecular complexity index is 807. The average molecular weight is 370 g/mol. The molecule has 1 aliphatic heterocycles. The Kier molecular flexibility index (Phi) is 5.90. The molecule has 0 radical (unpaired) electrons. The van der Waals surface area contributed by atoms with E-state index < -0.39 is 5.97 Å². The molecule has 1 aromatic heterocycles. The molecule has 0 spiro atoms. The van der Waals surface area contributed by atoms with Crippen molar-refractivity contribution in [2.24, 2.45) is 5.92 Å². The zero-order chi connectivity index (χ0) is 19.2. The van der Waals surface area contributed by atoms with Crippen molar-refractivity contribution < 1.29 is 23.8 Å². The van der Waals surface area contributed by atoms with Crippen LogP contribution in [0.3, 0.4) is 0 Å². The highest BCUT2D eigenvalue weighted by molar-refractivity contribution is 5.89. The van der Waals surface area contributed by atoms with Crippen molar-refractivity contribution in [1.82, 2.24) is 10.3 Å². The molecule has 0 bridgehead atoms. The summed E-state index contributed by atoms with van der Waals surface area (Å²) in [5, 5.41) is 2.91. The van der Waals surface area contributed by atoms with Crippen LogP contribution in [0.4, 0.5) is 0 Å². The fourth-order valence-electron chi connectivity index (χ4n) is 2.79. The van der Waals surface area contributed by atoms with Crippen molar-refractivity contribution in [3.8, 4) is 11.5 Å². The molecule has 1 N–H and O–H groups in total. The van der Waals surface area contributed by atoms with E-state index in [-0.39, 0.29) is 30.2 Å². The number of benzene rings is 1. The van der Waals surface area contributed by atoms with E-state index in [9.17, 15) is 9.59 Å². The summed E-state index contributed by atoms with van der Waals surface area (Å²) in [5.41, 5.74) is 1.07. The minimum atomic E-state index is -0.633. The molecule has 0 fully saturated rings. The monoisotopic (exact) mass is 370 g/mol. The number of hydrogen-bond donors (Lipinski definition) is 1. The van der Waals surface area contributed by atoms with Crippen molar-refractivity contribution in [2.75, 3.05) is 19.8 Å². The molecule has 0 aliphatic carbocycles. The first kappa shape index (κ1) is 18.7. The van der Waals surface area contributed by atoms with Gasteiger partial charge in [-0.05, 0) is 35.7 Å². The third kappa shape index (κ3) is 4.75. The van der Waals surface area contributed by atoms with Gasteiger partial charge in [0.05, 0.1) is 6.04 Å². The topological polar surface area (TPSA) is 86.8 Å². The fourth-order valence-corrected chi connectivity index (χ4v) is 2.79. The largest absolute Gasteiger partial charge is 0.486 e. The molecule has 7 nitrogen and oxygen atoms in total. The summed E-state index contributed by atoms with van der Waals surface area (Å²) in [6.07, 6.45) is 1.49. The number of aromatic nitrogens is 1. The molecule has 2 aromatic rings. The van der Waals surface area contributed by atoms with Gasteiger partial charge in [0, 0.05) is 6.20 Å². The number of ether oxygens (including phenoxy) is 3. The third-order valence-corrected chi connectivity index (χ3v) is 4.12. The Morgan fingerprint density at radius 3 is 2.63 bits per heavy atom. The lowest BCUT2D eigenvalue weighted by Gasteiger charge is -2.25. The number of hydrogen-bond acceptors (Lipinski definition) is 6. The summed E-state index contributed by atoms with van der Waals surface area (Å²) in [5.74, 6) is 0.477. The van der Waals surface area contributed by atoms with Crippen LogP contribution in [-0.4, -0.2) is 36.7 Å². The van der Waals surface area contributed by atoms with Gasteiger partial charge in [0.2, 0.25) is 0 Å². The number of fused-ring (bicyclic) bond motifs is 1. The summed E-state index contributed by atoms with van der Waals surface area (Å²) in [6.45, 7) is 4.66. The van der Waals surface area contributed by atoms with Crippen LogP contribution in [-0.2, 0) is 9.53 Å². The van der Waals surface area contributed by atoms with Crippen LogP contribution in [0, 0.1) is 5.92 Å². The Hall–Kier alpha value is -3.09. The van der Waals surface area contributed by atoms with Crippen LogP contribution in [0.1, 0.15) is 35.9 Å². The van der Waals surface area contributed by atoms with Gasteiger partial charge in [-0.3, -0.25) is 4.79 Å². The maximum atomic E-state index is 12.3. The van der Waals surface area contributed by atoms with Crippen LogP contribution < -0.4 is 14.8 Å². The molecule has 1 atom stereocenters. The van der Waals surface area contributed by atoms with Gasteiger partial charge in [-0.1, -0.05) is 26.0 Å². The number of nitrogens with zero attached hydrogens (tertiary/aromatic N) is 1. The Morgan fingerprint density at radius 1 is 1.15 bits per heavy atom. The first-order chi connectivity index (χ1) is 13.0. The Balaban J connectivity index is 1.62. The Labute approximate surface area is 157 Å². The minimum Gasteiger partial charge on any atom is -0.486 e. The van der Waals surface area contributed by atoms with Crippen molar-refractivity contribution in [3.63, 3.8) is 0 Å². The number of carbonyl (C=O) groups excluding carboxylic acids is 2. The zero-order valence-corrected chi connectivity index (χ0v) is 15.3. The van der Waals surface area contributed by atoms with Gasteiger partial charge in [0.25, 0.3) is 5.91 Å². The van der Waals surface area contributed by atoms with Gasteiger partial charge in [-0.15, -0.1) is 0 Å². The normalized spacial score (nSPS) is 13.7. The fraction of sp³-hybridized carbons (Fsp3) is 0.350. The van der Waals surface area contributed by atoms with E-state index in [2.05, 4.69) is 10.3 Å². The number of rotatable bonds is 6. The molecular formula is C20H22N2O5. The molecule has 142 valence electrons. The van der Waals surface area contributed by atoms with Gasteiger partial charge in [0.15, 0.2) is 18.1 Å². The smallest absolute Gasteiger partial charge is 0.357 e. The van der Waals surface area contributed by atoms with Crippen LogP contribution in [0.25, 0.3) is 0 Å². The molecule has 0 saturated carbocycles. The summed E-state index contributed by atoms with van der Waals surface area (Å²) in [6, 6.07) is 10.3. The highest BCUT2D eigenvalue weighted by Crippen LogP contribution is 2.34. The zero-order valence-electron chi connectivity index (χ0n) is 15.3. The second-order valence-electron chi connectivity index (χ2n) is 6.48. The standard InChI is InChI=1S/C20H22N2O5/c1-13(2)19(14-6-7-16-17(11-14)26-10-9-25-16)22-18(23)12-27-20(24)15-5-3-4-8-21-15/h3-8,11,13,19H,9-10,12H2,1-2H3,(H,22,23). The molecule has 27 heavy (non-hydrogen) atoms. The minimum absolute atomic E-state index is 0.128. The molecule has 0 saturated heterocycles. The number of carbonyl (C=O) groups is 2. The molecule has 1 unspecified atom stereocenters. The van der Waals surface area contributed by atoms with Gasteiger partial charge >= 0.3 is 5.97 Å². The summed E-state index contributed by atoms with van der Waals surface area (Å²) in [7, 11) is 0. The van der Waals surface area contributed by atoms with E-state index in [0.29, 0.717) is 24.7 Å². The van der Waals surface area contributed by atoms with E-state index in [1.54, 1.807) is 12.1 Å². The van der Waals surface area contributed by atoms with Gasteiger partial charge in [-0.2, -0.15) is 0 Å². The number of nitrogens with one attached hydrogen (secondary N) is 1. The lowest BCUT2D eigenvalue weighted by atomic mass is 9.95. The molecule has 1 amide bonds. The molecule has 1 aliphatic rings. The predicted molar refractivity (Wildman–Crippen MR) is 97.7 cm³/mol. The van der Waals surface area contributed by atoms with E-state index in [1.807, 2.05) is 32.0 Å². The quantitative estimate of drug-likeness (QED) is 0.787. The molecule has 2 heterocycles. The summed E-state index contributed by atoms with van der Waals surface area (Å²) >= 11 is 0. The van der Waals surface area contributed by atoms with E-state index in [1.165, 1.54) is 12.3 Å². The average Bonchev–Trinajstić information content (AvgIpc) is 2.70. The molecular weight excluding hydrogens is 348 g/mol. The van der Waals surface area contributed by atoms with Crippen LogP contribution >= 0.6 is 0 Å². The second-order valence-corrected chi connectivity index (χ2v) is 6.48. The maximum absolute atomic E-state index is 12.3. The van der Waals surface area contributed by atoms with Gasteiger partial charge in [-0.25, -0.2) is 9.78 Å². The summed E-state index contributed by atoms with van der Waals surface area (Å²) < 4.78 is 16.2. The van der Waals surface area contributed by atoms with Crippen molar-refractivity contribution in [2.45, 2.75) is 19.9 Å². The number of esters is 1. The number of amides is 1. The molecule has 1 aromatic carbocycles. The van der Waals surface area contributed by atoms with Crippen LogP contribution in [0.5, 0.6) is 11.5 Å². The number of pyridine rings is 1. The van der Waals surface area contributed by atoms with Gasteiger partial charge in [0.1, 0.15) is 18.9 Å². The van der Waals surface area contributed by atoms with Crippen LogP contribution in [0.15, 0.2) is 42.6 Å². The van der Waals surface area contributed by atoms with Gasteiger partial charge < -0.3 is 19.5 Å². The molecule has 7 heteroatoms. The predicted octanol–water partition coefficient (Wildman–Crippen LogP) is 2.52. The maximum Gasteiger partial charge on any atom is 0.357 e. The van der Waals surface area contributed by atoms with E-state index >= 15 is 0 Å². The van der Waals surface area contributed by atoms with Crippen molar-refractivity contribution in [3.05, 3.63) is 53.9 Å². The van der Waals surface area contributed by atoms with Crippen molar-refractivity contribution in [1.29, 1.82) is 0 Å². The first-order valence-electron chi connectivity index (χ1n) is 8.81. The van der Waals surface area contributed by atoms with E-state index in [4.69, 9.17) is 14.2 Å². The lowest BCUT2D eigenvalue weighted by Crippen LogP contribution is -2.35. The lowest BCUT2D eigenvalue weighted by molar-refractivity contribution is -0.125. The summed E-state index contributed by atoms with van der Waals surface area (Å²) in [4.78, 5) is 28.1. The second kappa shape index (κ2) is 8.53. The Morgan fingerprint density at radius 2 is 1.93 bits per heavy atom. The molecule has 3 rings (SSSR count). The first-order valence-corrected chi connectivity index (χ1v) is 8.81. The highest BCUT2D eigenvalue weighted by atomic mass is 16.6. The third-order valence-electron chi connectivity index (χ3n) is 4.12. The van der Waals surface area contributed by atoms with E-state index in [0.717, 1.165) is 5.56 Å².